The number of nitrogens with one attached hydrogen (secondary N) is 1. The molecular weight excluding hydrogens is 419 g/mol. The number of halogens is 1. The molecule has 126 valence electrons. The number of aryl methyl sites for hydroxylation is 1. The SMILES string of the molecule is CCc1nc(CCNC(=NCc2ccccc2)N(C)C)cs1.I. The smallest absolute Gasteiger partial charge is 0.193 e. The van der Waals surface area contributed by atoms with Gasteiger partial charge in [0.2, 0.25) is 0 Å². The van der Waals surface area contributed by atoms with Crippen LogP contribution in [0.3, 0.4) is 0 Å². The van der Waals surface area contributed by atoms with Crippen molar-refractivity contribution >= 4 is 41.3 Å². The van der Waals surface area contributed by atoms with Crippen molar-refractivity contribution in [1.29, 1.82) is 0 Å². The molecule has 1 aromatic carbocycles. The summed E-state index contributed by atoms with van der Waals surface area (Å²) in [4.78, 5) is 11.3. The van der Waals surface area contributed by atoms with Gasteiger partial charge in [0.1, 0.15) is 0 Å². The number of hydrogen-bond acceptors (Lipinski definition) is 3. The van der Waals surface area contributed by atoms with E-state index in [2.05, 4.69) is 39.7 Å². The lowest BCUT2D eigenvalue weighted by molar-refractivity contribution is 0.578. The minimum atomic E-state index is 0. The molecule has 0 fully saturated rings. The Balaban J connectivity index is 0.00000264. The second kappa shape index (κ2) is 10.6. The Morgan fingerprint density at radius 1 is 1.26 bits per heavy atom. The third-order valence-electron chi connectivity index (χ3n) is 3.24. The highest BCUT2D eigenvalue weighted by Crippen LogP contribution is 2.10. The first-order valence-corrected chi connectivity index (χ1v) is 8.50. The Kier molecular flexibility index (Phi) is 9.16. The van der Waals surface area contributed by atoms with Crippen LogP contribution >= 0.6 is 35.3 Å². The van der Waals surface area contributed by atoms with Crippen molar-refractivity contribution in [3.8, 4) is 0 Å². The maximum Gasteiger partial charge on any atom is 0.193 e. The van der Waals surface area contributed by atoms with Gasteiger partial charge in [-0.1, -0.05) is 37.3 Å². The summed E-state index contributed by atoms with van der Waals surface area (Å²) in [5, 5.41) is 6.76. The molecular formula is C17H25IN4S. The van der Waals surface area contributed by atoms with Crippen LogP contribution in [0.25, 0.3) is 0 Å². The fourth-order valence-corrected chi connectivity index (χ4v) is 2.81. The molecule has 1 N–H and O–H groups in total. The first-order valence-electron chi connectivity index (χ1n) is 7.62. The highest BCUT2D eigenvalue weighted by Gasteiger charge is 2.03. The summed E-state index contributed by atoms with van der Waals surface area (Å²) in [7, 11) is 4.02. The fraction of sp³-hybridized carbons (Fsp3) is 0.412. The normalized spacial score (nSPS) is 11.0. The first kappa shape index (κ1) is 19.9. The summed E-state index contributed by atoms with van der Waals surface area (Å²) in [6.45, 7) is 3.68. The highest BCUT2D eigenvalue weighted by atomic mass is 127. The Hall–Kier alpha value is -1.15. The van der Waals surface area contributed by atoms with Gasteiger partial charge in [0.15, 0.2) is 5.96 Å². The van der Waals surface area contributed by atoms with Crippen molar-refractivity contribution in [3.63, 3.8) is 0 Å². The molecule has 0 amide bonds. The monoisotopic (exact) mass is 444 g/mol. The van der Waals surface area contributed by atoms with Gasteiger partial charge in [0, 0.05) is 32.4 Å². The number of nitrogens with zero attached hydrogens (tertiary/aromatic N) is 3. The van der Waals surface area contributed by atoms with Crippen molar-refractivity contribution in [2.24, 2.45) is 4.99 Å². The second-order valence-electron chi connectivity index (χ2n) is 5.28. The number of aromatic nitrogens is 1. The topological polar surface area (TPSA) is 40.5 Å². The summed E-state index contributed by atoms with van der Waals surface area (Å²) in [6.07, 6.45) is 1.94. The average Bonchev–Trinajstić information content (AvgIpc) is 2.99. The van der Waals surface area contributed by atoms with Crippen molar-refractivity contribution in [3.05, 3.63) is 52.0 Å². The van der Waals surface area contributed by atoms with Gasteiger partial charge in [-0.05, 0) is 12.0 Å². The van der Waals surface area contributed by atoms with Crippen LogP contribution in [-0.4, -0.2) is 36.5 Å². The summed E-state index contributed by atoms with van der Waals surface area (Å²) in [5.41, 5.74) is 2.38. The molecule has 2 rings (SSSR count). The zero-order chi connectivity index (χ0) is 15.8. The van der Waals surface area contributed by atoms with E-state index in [0.717, 1.165) is 31.0 Å². The van der Waals surface area contributed by atoms with Gasteiger partial charge in [0.05, 0.1) is 17.2 Å². The summed E-state index contributed by atoms with van der Waals surface area (Å²) >= 11 is 1.74. The van der Waals surface area contributed by atoms with E-state index in [4.69, 9.17) is 0 Å². The molecule has 2 aromatic rings. The minimum Gasteiger partial charge on any atom is -0.356 e. The Morgan fingerprint density at radius 2 is 2.00 bits per heavy atom. The average molecular weight is 444 g/mol. The van der Waals surface area contributed by atoms with Gasteiger partial charge >= 0.3 is 0 Å². The van der Waals surface area contributed by atoms with Crippen LogP contribution in [0.5, 0.6) is 0 Å². The lowest BCUT2D eigenvalue weighted by atomic mass is 10.2. The zero-order valence-corrected chi connectivity index (χ0v) is 17.1. The van der Waals surface area contributed by atoms with Gasteiger partial charge in [0.25, 0.3) is 0 Å². The number of benzene rings is 1. The van der Waals surface area contributed by atoms with E-state index in [-0.39, 0.29) is 24.0 Å². The number of hydrogen-bond donors (Lipinski definition) is 1. The van der Waals surface area contributed by atoms with Crippen LogP contribution in [0.2, 0.25) is 0 Å². The number of thiazole rings is 1. The van der Waals surface area contributed by atoms with Crippen LogP contribution < -0.4 is 5.32 Å². The Labute approximate surface area is 160 Å². The minimum absolute atomic E-state index is 0. The summed E-state index contributed by atoms with van der Waals surface area (Å²) in [5.74, 6) is 0.912. The van der Waals surface area contributed by atoms with Crippen LogP contribution in [0.1, 0.15) is 23.2 Å². The van der Waals surface area contributed by atoms with E-state index in [0.29, 0.717) is 6.54 Å². The maximum atomic E-state index is 4.66. The van der Waals surface area contributed by atoms with Gasteiger partial charge in [-0.25, -0.2) is 9.98 Å². The predicted molar refractivity (Wildman–Crippen MR) is 110 cm³/mol. The van der Waals surface area contributed by atoms with Crippen molar-refractivity contribution in [2.45, 2.75) is 26.3 Å². The fourth-order valence-electron chi connectivity index (χ4n) is 2.03. The molecule has 1 heterocycles. The van der Waals surface area contributed by atoms with Crippen LogP contribution in [0.15, 0.2) is 40.7 Å². The summed E-state index contributed by atoms with van der Waals surface area (Å²) < 4.78 is 0. The number of aliphatic imine (C=N–C) groups is 1. The quantitative estimate of drug-likeness (QED) is 0.421. The van der Waals surface area contributed by atoms with Crippen LogP contribution in [0, 0.1) is 0 Å². The molecule has 0 aliphatic rings. The zero-order valence-electron chi connectivity index (χ0n) is 14.0. The largest absolute Gasteiger partial charge is 0.356 e. The molecule has 6 heteroatoms. The molecule has 4 nitrogen and oxygen atoms in total. The molecule has 0 radical (unpaired) electrons. The van der Waals surface area contributed by atoms with E-state index in [1.807, 2.05) is 37.2 Å². The van der Waals surface area contributed by atoms with Crippen molar-refractivity contribution < 1.29 is 0 Å². The molecule has 0 aliphatic heterocycles. The third kappa shape index (κ3) is 6.87. The van der Waals surface area contributed by atoms with E-state index >= 15 is 0 Å². The second-order valence-corrected chi connectivity index (χ2v) is 6.23. The van der Waals surface area contributed by atoms with Gasteiger partial charge in [-0.2, -0.15) is 0 Å². The molecule has 0 aliphatic carbocycles. The Morgan fingerprint density at radius 3 is 2.61 bits per heavy atom. The Bertz CT molecular complexity index is 596. The molecule has 0 saturated carbocycles. The van der Waals surface area contributed by atoms with E-state index < -0.39 is 0 Å². The predicted octanol–water partition coefficient (Wildman–Crippen LogP) is 3.57. The van der Waals surface area contributed by atoms with Crippen LogP contribution in [-0.2, 0) is 19.4 Å². The summed E-state index contributed by atoms with van der Waals surface area (Å²) in [6, 6.07) is 10.3. The highest BCUT2D eigenvalue weighted by molar-refractivity contribution is 14.0. The van der Waals surface area contributed by atoms with Crippen LogP contribution in [0.4, 0.5) is 0 Å². The van der Waals surface area contributed by atoms with Crippen molar-refractivity contribution in [2.75, 3.05) is 20.6 Å². The van der Waals surface area contributed by atoms with Crippen molar-refractivity contribution in [1.82, 2.24) is 15.2 Å². The standard InChI is InChI=1S/C17H24N4S.HI/c1-4-16-20-15(13-22-16)10-11-18-17(21(2)3)19-12-14-8-6-5-7-9-14;/h5-9,13H,4,10-12H2,1-3H3,(H,18,19);1H. The molecule has 1 aromatic heterocycles. The van der Waals surface area contributed by atoms with Gasteiger partial charge in [-0.3, -0.25) is 0 Å². The maximum absolute atomic E-state index is 4.66. The van der Waals surface area contributed by atoms with Gasteiger partial charge in [-0.15, -0.1) is 35.3 Å². The molecule has 23 heavy (non-hydrogen) atoms. The van der Waals surface area contributed by atoms with Gasteiger partial charge < -0.3 is 10.2 Å². The first-order chi connectivity index (χ1) is 10.7. The van der Waals surface area contributed by atoms with E-state index in [1.165, 1.54) is 10.6 Å². The lowest BCUT2D eigenvalue weighted by Crippen LogP contribution is -2.37. The molecule has 0 unspecified atom stereocenters. The number of rotatable bonds is 6. The number of guanidine groups is 1. The molecule has 0 bridgehead atoms. The molecule has 0 saturated heterocycles. The van der Waals surface area contributed by atoms with E-state index in [9.17, 15) is 0 Å². The van der Waals surface area contributed by atoms with E-state index in [1.54, 1.807) is 11.3 Å². The molecule has 0 atom stereocenters. The third-order valence-corrected chi connectivity index (χ3v) is 4.29. The molecule has 0 spiro atoms. The lowest BCUT2D eigenvalue weighted by Gasteiger charge is -2.17.